The molecule has 28 heavy (non-hydrogen) atoms. The average Bonchev–Trinajstić information content (AvgIpc) is 3.23. The number of fused-ring (bicyclic) bond motifs is 1. The molecule has 2 amide bonds. The lowest BCUT2D eigenvalue weighted by atomic mass is 9.97. The number of carbonyl (C=O) groups is 2. The summed E-state index contributed by atoms with van der Waals surface area (Å²) >= 11 is 1.74. The van der Waals surface area contributed by atoms with Crippen molar-refractivity contribution in [2.75, 3.05) is 31.6 Å². The number of nitrogens with one attached hydrogen (secondary N) is 2. The topological polar surface area (TPSA) is 70.7 Å². The summed E-state index contributed by atoms with van der Waals surface area (Å²) in [5.41, 5.74) is 1.14. The van der Waals surface area contributed by atoms with Crippen molar-refractivity contribution in [2.45, 2.75) is 25.8 Å². The molecule has 148 valence electrons. The van der Waals surface area contributed by atoms with Gasteiger partial charge in [0.1, 0.15) is 5.75 Å². The average molecular weight is 400 g/mol. The molecule has 0 radical (unpaired) electrons. The molecule has 2 aromatic rings. The second kappa shape index (κ2) is 8.32. The molecule has 1 saturated heterocycles. The molecule has 1 fully saturated rings. The number of thiophene rings is 1. The Bertz CT molecular complexity index is 845. The number of likely N-dealkylation sites (tertiary alicyclic amines) is 1. The summed E-state index contributed by atoms with van der Waals surface area (Å²) in [5, 5.41) is 7.92. The largest absolute Gasteiger partial charge is 0.482 e. The number of carbonyl (C=O) groups excluding carboxylic acids is 2. The highest BCUT2D eigenvalue weighted by molar-refractivity contribution is 7.10. The van der Waals surface area contributed by atoms with Gasteiger partial charge in [-0.2, -0.15) is 0 Å². The second-order valence-corrected chi connectivity index (χ2v) is 8.49. The summed E-state index contributed by atoms with van der Waals surface area (Å²) in [5.74, 6) is 0.993. The Hall–Kier alpha value is -2.38. The zero-order valence-electron chi connectivity index (χ0n) is 15.9. The molecule has 0 saturated carbocycles. The van der Waals surface area contributed by atoms with E-state index in [0.717, 1.165) is 19.0 Å². The fraction of sp³-hybridized carbons (Fsp3) is 0.429. The molecule has 4 rings (SSSR count). The minimum atomic E-state index is -0.181. The lowest BCUT2D eigenvalue weighted by molar-refractivity contribution is -0.118. The molecule has 6 nitrogen and oxygen atoms in total. The lowest BCUT2D eigenvalue weighted by Gasteiger charge is -2.36. The Labute approximate surface area is 168 Å². The summed E-state index contributed by atoms with van der Waals surface area (Å²) < 4.78 is 5.42. The number of benzene rings is 1. The monoisotopic (exact) mass is 399 g/mol. The number of amides is 2. The van der Waals surface area contributed by atoms with Crippen molar-refractivity contribution >= 4 is 28.8 Å². The van der Waals surface area contributed by atoms with Crippen LogP contribution in [0, 0.1) is 5.92 Å². The van der Waals surface area contributed by atoms with Gasteiger partial charge in [-0.3, -0.25) is 14.5 Å². The Morgan fingerprint density at radius 2 is 2.18 bits per heavy atom. The van der Waals surface area contributed by atoms with E-state index in [4.69, 9.17) is 4.74 Å². The highest BCUT2D eigenvalue weighted by Crippen LogP contribution is 2.30. The van der Waals surface area contributed by atoms with E-state index in [0.29, 0.717) is 23.5 Å². The van der Waals surface area contributed by atoms with Crippen LogP contribution in [0.25, 0.3) is 0 Å². The van der Waals surface area contributed by atoms with Gasteiger partial charge in [0.2, 0.25) is 0 Å². The second-order valence-electron chi connectivity index (χ2n) is 7.51. The van der Waals surface area contributed by atoms with Crippen LogP contribution in [0.4, 0.5) is 5.69 Å². The number of hydrogen-bond donors (Lipinski definition) is 2. The molecular weight excluding hydrogens is 374 g/mol. The fourth-order valence-corrected chi connectivity index (χ4v) is 4.60. The van der Waals surface area contributed by atoms with Crippen LogP contribution < -0.4 is 15.4 Å². The predicted octanol–water partition coefficient (Wildman–Crippen LogP) is 3.28. The van der Waals surface area contributed by atoms with Crippen molar-refractivity contribution in [3.63, 3.8) is 0 Å². The molecule has 0 unspecified atom stereocenters. The first-order valence-corrected chi connectivity index (χ1v) is 10.6. The van der Waals surface area contributed by atoms with E-state index in [2.05, 4.69) is 40.0 Å². The van der Waals surface area contributed by atoms with Crippen molar-refractivity contribution in [2.24, 2.45) is 5.92 Å². The van der Waals surface area contributed by atoms with Gasteiger partial charge in [0.05, 0.1) is 11.7 Å². The Morgan fingerprint density at radius 1 is 1.36 bits per heavy atom. The molecule has 2 aliphatic heterocycles. The molecule has 1 aromatic heterocycles. The smallest absolute Gasteiger partial charge is 0.262 e. The zero-order chi connectivity index (χ0) is 19.5. The van der Waals surface area contributed by atoms with Gasteiger partial charge in [0.15, 0.2) is 6.61 Å². The van der Waals surface area contributed by atoms with Crippen LogP contribution in [0.15, 0.2) is 35.7 Å². The van der Waals surface area contributed by atoms with Crippen LogP contribution in [0.5, 0.6) is 5.75 Å². The van der Waals surface area contributed by atoms with Crippen LogP contribution in [0.1, 0.15) is 41.0 Å². The number of piperidine rings is 1. The van der Waals surface area contributed by atoms with Crippen LogP contribution in [0.3, 0.4) is 0 Å². The van der Waals surface area contributed by atoms with Gasteiger partial charge < -0.3 is 15.4 Å². The van der Waals surface area contributed by atoms with Crippen molar-refractivity contribution in [1.29, 1.82) is 0 Å². The third kappa shape index (κ3) is 4.20. The van der Waals surface area contributed by atoms with Gasteiger partial charge >= 0.3 is 0 Å². The molecule has 7 heteroatoms. The number of hydrogen-bond acceptors (Lipinski definition) is 5. The van der Waals surface area contributed by atoms with Crippen LogP contribution in [-0.4, -0.2) is 43.0 Å². The molecule has 2 aliphatic rings. The molecular formula is C21H25N3O3S. The standard InChI is InChI=1S/C21H25N3O3S/c1-14-6-8-24(9-7-14)17(19-3-2-10-28-19)12-22-21(26)15-4-5-16-18(11-15)27-13-20(25)23-16/h2-5,10-11,14,17H,6-9,12-13H2,1H3,(H,22,26)(H,23,25)/t17-/m0/s1. The maximum atomic E-state index is 12.7. The minimum Gasteiger partial charge on any atom is -0.482 e. The molecule has 0 aliphatic carbocycles. The Morgan fingerprint density at radius 3 is 2.93 bits per heavy atom. The highest BCUT2D eigenvalue weighted by Gasteiger charge is 2.26. The van der Waals surface area contributed by atoms with E-state index in [9.17, 15) is 9.59 Å². The summed E-state index contributed by atoms with van der Waals surface area (Å²) in [6, 6.07) is 9.53. The van der Waals surface area contributed by atoms with Gasteiger partial charge in [-0.1, -0.05) is 13.0 Å². The first-order valence-electron chi connectivity index (χ1n) is 9.72. The number of rotatable bonds is 5. The Kier molecular flexibility index (Phi) is 5.64. The number of nitrogens with zero attached hydrogens (tertiary/aromatic N) is 1. The van der Waals surface area contributed by atoms with Gasteiger partial charge in [-0.15, -0.1) is 11.3 Å². The van der Waals surface area contributed by atoms with E-state index >= 15 is 0 Å². The van der Waals surface area contributed by atoms with Crippen molar-refractivity contribution in [1.82, 2.24) is 10.2 Å². The normalized spacial score (nSPS) is 18.7. The van der Waals surface area contributed by atoms with E-state index in [-0.39, 0.29) is 24.5 Å². The van der Waals surface area contributed by atoms with Gasteiger partial charge in [0.25, 0.3) is 11.8 Å². The molecule has 0 bridgehead atoms. The van der Waals surface area contributed by atoms with E-state index in [1.54, 1.807) is 29.5 Å². The van der Waals surface area contributed by atoms with Gasteiger partial charge in [0, 0.05) is 17.0 Å². The maximum Gasteiger partial charge on any atom is 0.262 e. The molecule has 1 aromatic carbocycles. The third-order valence-electron chi connectivity index (χ3n) is 5.46. The zero-order valence-corrected chi connectivity index (χ0v) is 16.8. The van der Waals surface area contributed by atoms with E-state index in [1.807, 2.05) is 0 Å². The van der Waals surface area contributed by atoms with Crippen LogP contribution >= 0.6 is 11.3 Å². The first-order chi connectivity index (χ1) is 13.6. The summed E-state index contributed by atoms with van der Waals surface area (Å²) in [7, 11) is 0. The van der Waals surface area contributed by atoms with E-state index in [1.165, 1.54) is 17.7 Å². The summed E-state index contributed by atoms with van der Waals surface area (Å²) in [4.78, 5) is 27.9. The maximum absolute atomic E-state index is 12.7. The van der Waals surface area contributed by atoms with Gasteiger partial charge in [-0.05, 0) is 61.5 Å². The fourth-order valence-electron chi connectivity index (χ4n) is 3.74. The van der Waals surface area contributed by atoms with Gasteiger partial charge in [-0.25, -0.2) is 0 Å². The van der Waals surface area contributed by atoms with Crippen molar-refractivity contribution in [3.05, 3.63) is 46.2 Å². The van der Waals surface area contributed by atoms with Crippen molar-refractivity contribution in [3.8, 4) is 5.75 Å². The van der Waals surface area contributed by atoms with Crippen LogP contribution in [-0.2, 0) is 4.79 Å². The first kappa shape index (κ1) is 19.0. The summed E-state index contributed by atoms with van der Waals surface area (Å²) in [6.45, 7) is 4.98. The SMILES string of the molecule is CC1CCN([C@@H](CNC(=O)c2ccc3c(c2)OCC(=O)N3)c2cccs2)CC1. The number of anilines is 1. The Balaban J connectivity index is 1.43. The third-order valence-corrected chi connectivity index (χ3v) is 6.44. The quantitative estimate of drug-likeness (QED) is 0.810. The summed E-state index contributed by atoms with van der Waals surface area (Å²) in [6.07, 6.45) is 2.40. The molecule has 2 N–H and O–H groups in total. The predicted molar refractivity (Wildman–Crippen MR) is 110 cm³/mol. The lowest BCUT2D eigenvalue weighted by Crippen LogP contribution is -2.41. The van der Waals surface area contributed by atoms with E-state index < -0.39 is 0 Å². The highest BCUT2D eigenvalue weighted by atomic mass is 32.1. The molecule has 0 spiro atoms. The number of ether oxygens (including phenoxy) is 1. The minimum absolute atomic E-state index is 0.0219. The van der Waals surface area contributed by atoms with Crippen LogP contribution in [0.2, 0.25) is 0 Å². The molecule has 3 heterocycles. The van der Waals surface area contributed by atoms with Crippen molar-refractivity contribution < 1.29 is 14.3 Å². The molecule has 1 atom stereocenters.